The smallest absolute Gasteiger partial charge is 0.257 e. The number of anilines is 2. The molecule has 1 fully saturated rings. The van der Waals surface area contributed by atoms with Crippen LogP contribution in [-0.4, -0.2) is 46.5 Å². The number of rotatable bonds is 1. The van der Waals surface area contributed by atoms with E-state index in [2.05, 4.69) is 4.90 Å². The zero-order valence-electron chi connectivity index (χ0n) is 17.8. The zero-order chi connectivity index (χ0) is 22.6. The topological polar surface area (TPSA) is 63.6 Å². The summed E-state index contributed by atoms with van der Waals surface area (Å²) in [6, 6.07) is 11.1. The quantitative estimate of drug-likeness (QED) is 0.576. The Bertz CT molecular complexity index is 975. The molecular weight excluding hydrogens is 455 g/mol. The Kier molecular flexibility index (Phi) is 5.99. The number of benzene rings is 2. The van der Waals surface area contributed by atoms with Gasteiger partial charge in [-0.3, -0.25) is 4.48 Å². The van der Waals surface area contributed by atoms with Crippen LogP contribution in [0.25, 0.3) is 0 Å². The minimum Gasteiger partial charge on any atom is -0.498 e. The molecule has 3 atom stereocenters. The number of carboxylic acid groups (broad SMARTS) is 1. The molecule has 4 rings (SSSR count). The first-order chi connectivity index (χ1) is 14.5. The predicted octanol–water partition coefficient (Wildman–Crippen LogP) is 5.08. The molecule has 1 N–H and O–H groups in total. The average molecular weight is 481 g/mol. The molecular formula is C23H26Cl2N2O3S. The van der Waals surface area contributed by atoms with Gasteiger partial charge < -0.3 is 19.9 Å². The summed E-state index contributed by atoms with van der Waals surface area (Å²) in [5.41, 5.74) is 1.32. The van der Waals surface area contributed by atoms with Gasteiger partial charge >= 0.3 is 0 Å². The zero-order valence-corrected chi connectivity index (χ0v) is 20.1. The van der Waals surface area contributed by atoms with E-state index in [1.807, 2.05) is 57.2 Å². The van der Waals surface area contributed by atoms with Crippen LogP contribution in [0.15, 0.2) is 46.2 Å². The Hall–Kier alpha value is -1.44. The molecule has 3 unspecified atom stereocenters. The van der Waals surface area contributed by atoms with Crippen LogP contribution in [0.1, 0.15) is 33.6 Å². The molecule has 2 aromatic rings. The van der Waals surface area contributed by atoms with Gasteiger partial charge in [0.2, 0.25) is 0 Å². The molecule has 2 heterocycles. The van der Waals surface area contributed by atoms with Crippen molar-refractivity contribution >= 4 is 52.4 Å². The third-order valence-electron chi connectivity index (χ3n) is 6.53. The van der Waals surface area contributed by atoms with E-state index in [1.165, 1.54) is 0 Å². The standard InChI is InChI=1S/C23H26Cl2N2O3S/c1-23(2,3)27(22(29)30)10-4-5-16(19(28)13-27)26-17-8-6-14(24)11-20(17)31-21-12-15(25)7-9-18(21)26/h6-9,11-12,16,19,28H,4-5,10,13H2,1-3H3. The number of likely N-dealkylation sites (tertiary alicyclic amines) is 1. The number of amides is 1. The van der Waals surface area contributed by atoms with Crippen molar-refractivity contribution in [1.29, 1.82) is 0 Å². The summed E-state index contributed by atoms with van der Waals surface area (Å²) >= 11 is 14.1. The van der Waals surface area contributed by atoms with Crippen LogP contribution in [0.2, 0.25) is 10.0 Å². The summed E-state index contributed by atoms with van der Waals surface area (Å²) in [4.78, 5) is 16.4. The molecule has 31 heavy (non-hydrogen) atoms. The van der Waals surface area contributed by atoms with Crippen LogP contribution in [0, 0.1) is 0 Å². The fourth-order valence-electron chi connectivity index (χ4n) is 4.79. The van der Waals surface area contributed by atoms with Crippen molar-refractivity contribution in [1.82, 2.24) is 0 Å². The van der Waals surface area contributed by atoms with Crippen LogP contribution in [-0.2, 0) is 0 Å². The Labute approximate surface area is 197 Å². The largest absolute Gasteiger partial charge is 0.498 e. The van der Waals surface area contributed by atoms with Gasteiger partial charge in [-0.05, 0) is 70.0 Å². The normalized spacial score (nSPS) is 26.1. The minimum absolute atomic E-state index is 0.0893. The summed E-state index contributed by atoms with van der Waals surface area (Å²) in [6.07, 6.45) is -0.697. The number of hydrogen-bond acceptors (Lipinski definition) is 5. The molecule has 0 aliphatic carbocycles. The molecule has 0 saturated carbocycles. The fourth-order valence-corrected chi connectivity index (χ4v) is 6.41. The second kappa shape index (κ2) is 8.16. The van der Waals surface area contributed by atoms with Crippen molar-refractivity contribution in [2.45, 2.75) is 61.1 Å². The maximum atomic E-state index is 12.3. The number of aliphatic hydroxyl groups excluding tert-OH is 1. The van der Waals surface area contributed by atoms with Gasteiger partial charge in [0, 0.05) is 19.8 Å². The minimum atomic E-state index is -1.14. The van der Waals surface area contributed by atoms with Gasteiger partial charge in [0.1, 0.15) is 12.6 Å². The first kappa shape index (κ1) is 22.7. The predicted molar refractivity (Wildman–Crippen MR) is 123 cm³/mol. The molecule has 2 aromatic carbocycles. The Morgan fingerprint density at radius 1 is 1.13 bits per heavy atom. The molecule has 5 nitrogen and oxygen atoms in total. The van der Waals surface area contributed by atoms with Crippen molar-refractivity contribution in [2.75, 3.05) is 18.0 Å². The van der Waals surface area contributed by atoms with Crippen molar-refractivity contribution in [3.05, 3.63) is 46.4 Å². The number of carbonyl (C=O) groups excluding carboxylic acids is 1. The van der Waals surface area contributed by atoms with Crippen LogP contribution in [0.5, 0.6) is 0 Å². The number of nitrogens with zero attached hydrogens (tertiary/aromatic N) is 2. The maximum absolute atomic E-state index is 12.3. The van der Waals surface area contributed by atoms with Crippen LogP contribution in [0.3, 0.4) is 0 Å². The molecule has 0 bridgehead atoms. The molecule has 2 aliphatic heterocycles. The van der Waals surface area contributed by atoms with E-state index >= 15 is 0 Å². The van der Waals surface area contributed by atoms with E-state index in [9.17, 15) is 15.0 Å². The second-order valence-electron chi connectivity index (χ2n) is 9.28. The van der Waals surface area contributed by atoms with Crippen LogP contribution in [0.4, 0.5) is 16.2 Å². The van der Waals surface area contributed by atoms with E-state index < -0.39 is 17.7 Å². The molecule has 0 aromatic heterocycles. The van der Waals surface area contributed by atoms with Crippen LogP contribution >= 0.6 is 35.0 Å². The number of carbonyl (C=O) groups is 1. The van der Waals surface area contributed by atoms with Gasteiger partial charge in [0.05, 0.1) is 29.5 Å². The van der Waals surface area contributed by atoms with Crippen LogP contribution < -0.4 is 10.0 Å². The third-order valence-corrected chi connectivity index (χ3v) is 8.09. The summed E-state index contributed by atoms with van der Waals surface area (Å²) in [6.45, 7) is 6.18. The van der Waals surface area contributed by atoms with Gasteiger partial charge in [-0.25, -0.2) is 0 Å². The van der Waals surface area contributed by atoms with E-state index in [0.717, 1.165) is 21.2 Å². The molecule has 0 radical (unpaired) electrons. The summed E-state index contributed by atoms with van der Waals surface area (Å²) < 4.78 is -0.270. The Morgan fingerprint density at radius 3 is 2.16 bits per heavy atom. The van der Waals surface area contributed by atoms with Gasteiger partial charge in [-0.1, -0.05) is 35.0 Å². The number of fused-ring (bicyclic) bond motifs is 2. The molecule has 8 heteroatoms. The first-order valence-corrected chi connectivity index (χ1v) is 11.9. The maximum Gasteiger partial charge on any atom is 0.257 e. The first-order valence-electron chi connectivity index (χ1n) is 10.4. The molecule has 1 saturated heterocycles. The van der Waals surface area contributed by atoms with Gasteiger partial charge in [0.25, 0.3) is 6.09 Å². The molecule has 166 valence electrons. The number of aliphatic hydroxyl groups is 1. The number of halogens is 2. The van der Waals surface area contributed by atoms with Crippen molar-refractivity contribution in [2.24, 2.45) is 0 Å². The Morgan fingerprint density at radius 2 is 1.68 bits per heavy atom. The van der Waals surface area contributed by atoms with Gasteiger partial charge in [-0.2, -0.15) is 0 Å². The van der Waals surface area contributed by atoms with Crippen molar-refractivity contribution < 1.29 is 19.5 Å². The fraction of sp³-hybridized carbons (Fsp3) is 0.435. The van der Waals surface area contributed by atoms with E-state index in [0.29, 0.717) is 29.4 Å². The third kappa shape index (κ3) is 3.93. The lowest BCUT2D eigenvalue weighted by Gasteiger charge is -2.48. The summed E-state index contributed by atoms with van der Waals surface area (Å²) in [5, 5.41) is 25.0. The highest BCUT2D eigenvalue weighted by molar-refractivity contribution is 7.99. The van der Waals surface area contributed by atoms with Gasteiger partial charge in [0.15, 0.2) is 0 Å². The van der Waals surface area contributed by atoms with E-state index in [1.54, 1.807) is 11.8 Å². The highest BCUT2D eigenvalue weighted by Gasteiger charge is 2.48. The lowest BCUT2D eigenvalue weighted by molar-refractivity contribution is -0.921. The number of quaternary nitrogens is 1. The second-order valence-corrected chi connectivity index (χ2v) is 11.2. The SMILES string of the molecule is CC(C)(C)[N+]1(C(=O)[O-])CCCC(N2c3ccc(Cl)cc3Sc3cc(Cl)ccc32)C(O)C1. The molecule has 1 amide bonds. The van der Waals surface area contributed by atoms with E-state index in [-0.39, 0.29) is 17.1 Å². The lowest BCUT2D eigenvalue weighted by Crippen LogP contribution is -2.70. The monoisotopic (exact) mass is 480 g/mol. The van der Waals surface area contributed by atoms with Gasteiger partial charge in [-0.15, -0.1) is 0 Å². The lowest BCUT2D eigenvalue weighted by atomic mass is 9.99. The molecule has 2 aliphatic rings. The van der Waals surface area contributed by atoms with E-state index in [4.69, 9.17) is 23.2 Å². The Balaban J connectivity index is 1.80. The summed E-state index contributed by atoms with van der Waals surface area (Å²) in [7, 11) is 0. The molecule has 0 spiro atoms. The average Bonchev–Trinajstić information content (AvgIpc) is 2.85. The highest BCUT2D eigenvalue weighted by Crippen LogP contribution is 2.51. The van der Waals surface area contributed by atoms with Crippen molar-refractivity contribution in [3.8, 4) is 0 Å². The van der Waals surface area contributed by atoms with Crippen molar-refractivity contribution in [3.63, 3.8) is 0 Å². The highest BCUT2D eigenvalue weighted by atomic mass is 35.5. The summed E-state index contributed by atoms with van der Waals surface area (Å²) in [5.74, 6) is 0. The number of hydrogen-bond donors (Lipinski definition) is 1.